The van der Waals surface area contributed by atoms with Crippen molar-refractivity contribution in [1.82, 2.24) is 25.4 Å². The van der Waals surface area contributed by atoms with Crippen molar-refractivity contribution in [2.24, 2.45) is 17.5 Å². The summed E-state index contributed by atoms with van der Waals surface area (Å²) in [5.41, 5.74) is 0.113. The maximum Gasteiger partial charge on any atom is 0.192 e. The summed E-state index contributed by atoms with van der Waals surface area (Å²) in [5.74, 6) is 2.66. The molecule has 2 N–H and O–H groups in total. The van der Waals surface area contributed by atoms with E-state index in [1.165, 1.54) is 12.8 Å². The van der Waals surface area contributed by atoms with Gasteiger partial charge >= 0.3 is 0 Å². The number of ether oxygens (including phenoxy) is 1. The van der Waals surface area contributed by atoms with Crippen LogP contribution in [0.3, 0.4) is 0 Å². The summed E-state index contributed by atoms with van der Waals surface area (Å²) in [6.45, 7) is 6.95. The SMILES string of the molecule is COC1CC(NC(=NCc2nnc(C)n2C)NC2CC2)C1(C)C.I. The molecule has 2 atom stereocenters. The van der Waals surface area contributed by atoms with Gasteiger partial charge in [0, 0.05) is 31.7 Å². The van der Waals surface area contributed by atoms with Gasteiger partial charge in [-0.2, -0.15) is 0 Å². The molecule has 2 aliphatic carbocycles. The van der Waals surface area contributed by atoms with Crippen molar-refractivity contribution in [3.63, 3.8) is 0 Å². The van der Waals surface area contributed by atoms with Gasteiger partial charge in [0.25, 0.3) is 0 Å². The monoisotopic (exact) mass is 448 g/mol. The zero-order valence-corrected chi connectivity index (χ0v) is 17.5. The number of hydrogen-bond donors (Lipinski definition) is 2. The van der Waals surface area contributed by atoms with Crippen molar-refractivity contribution < 1.29 is 4.74 Å². The van der Waals surface area contributed by atoms with Gasteiger partial charge < -0.3 is 19.9 Å². The summed E-state index contributed by atoms with van der Waals surface area (Å²) in [5, 5.41) is 15.3. The lowest BCUT2D eigenvalue weighted by atomic mass is 9.64. The molecule has 2 fully saturated rings. The van der Waals surface area contributed by atoms with E-state index in [0.29, 0.717) is 24.7 Å². The molecule has 1 aromatic heterocycles. The molecule has 0 bridgehead atoms. The molecule has 1 aromatic rings. The molecular formula is C16H29IN6O. The highest BCUT2D eigenvalue weighted by atomic mass is 127. The van der Waals surface area contributed by atoms with Crippen LogP contribution in [0, 0.1) is 12.3 Å². The number of aryl methyl sites for hydroxylation is 1. The molecule has 0 amide bonds. The first kappa shape index (κ1) is 19.4. The van der Waals surface area contributed by atoms with Crippen LogP contribution in [0.15, 0.2) is 4.99 Å². The van der Waals surface area contributed by atoms with Crippen molar-refractivity contribution >= 4 is 29.9 Å². The topological polar surface area (TPSA) is 76.4 Å². The number of aliphatic imine (C=N–C) groups is 1. The number of hydrogen-bond acceptors (Lipinski definition) is 4. The predicted molar refractivity (Wildman–Crippen MR) is 105 cm³/mol. The third kappa shape index (κ3) is 4.01. The zero-order chi connectivity index (χ0) is 16.6. The van der Waals surface area contributed by atoms with Crippen molar-refractivity contribution in [3.8, 4) is 0 Å². The van der Waals surface area contributed by atoms with Gasteiger partial charge in [-0.15, -0.1) is 34.2 Å². The second kappa shape index (κ2) is 7.55. The standard InChI is InChI=1S/C16H28N6O.HI/c1-10-20-21-14(22(10)4)9-17-15(18-11-6-7-11)19-12-8-13(23-5)16(12,2)3;/h11-13H,6-9H2,1-5H3,(H2,17,18,19);1H. The molecule has 1 heterocycles. The number of aromatic nitrogens is 3. The highest BCUT2D eigenvalue weighted by Crippen LogP contribution is 2.42. The van der Waals surface area contributed by atoms with Crippen LogP contribution in [0.5, 0.6) is 0 Å². The normalized spacial score (nSPS) is 25.6. The van der Waals surface area contributed by atoms with Gasteiger partial charge in [0.05, 0.1) is 6.10 Å². The van der Waals surface area contributed by atoms with Crippen LogP contribution in [0.25, 0.3) is 0 Å². The second-order valence-electron chi connectivity index (χ2n) is 7.28. The third-order valence-corrected chi connectivity index (χ3v) is 5.25. The molecule has 0 saturated heterocycles. The van der Waals surface area contributed by atoms with E-state index in [0.717, 1.165) is 24.0 Å². The lowest BCUT2D eigenvalue weighted by molar-refractivity contribution is -0.0922. The first-order valence-electron chi connectivity index (χ1n) is 8.37. The van der Waals surface area contributed by atoms with Crippen LogP contribution >= 0.6 is 24.0 Å². The fraction of sp³-hybridized carbons (Fsp3) is 0.812. The minimum atomic E-state index is 0. The third-order valence-electron chi connectivity index (χ3n) is 5.25. The Morgan fingerprint density at radius 2 is 2.04 bits per heavy atom. The molecule has 0 aromatic carbocycles. The molecule has 2 saturated carbocycles. The predicted octanol–water partition coefficient (Wildman–Crippen LogP) is 1.75. The number of methoxy groups -OCH3 is 1. The van der Waals surface area contributed by atoms with E-state index >= 15 is 0 Å². The molecule has 0 radical (unpaired) electrons. The van der Waals surface area contributed by atoms with Crippen LogP contribution in [0.2, 0.25) is 0 Å². The van der Waals surface area contributed by atoms with E-state index in [4.69, 9.17) is 9.73 Å². The van der Waals surface area contributed by atoms with Crippen molar-refractivity contribution in [2.45, 2.75) is 64.8 Å². The van der Waals surface area contributed by atoms with Crippen molar-refractivity contribution in [3.05, 3.63) is 11.6 Å². The Labute approximate surface area is 161 Å². The first-order valence-corrected chi connectivity index (χ1v) is 8.37. The summed E-state index contributed by atoms with van der Waals surface area (Å²) in [6.07, 6.45) is 3.76. The van der Waals surface area contributed by atoms with Gasteiger partial charge in [0.1, 0.15) is 12.4 Å². The van der Waals surface area contributed by atoms with Crippen LogP contribution in [-0.4, -0.2) is 46.0 Å². The molecular weight excluding hydrogens is 419 g/mol. The largest absolute Gasteiger partial charge is 0.381 e. The Hall–Kier alpha value is -0.900. The lowest BCUT2D eigenvalue weighted by Gasteiger charge is -2.51. The highest BCUT2D eigenvalue weighted by molar-refractivity contribution is 14.0. The average molecular weight is 448 g/mol. The number of nitrogens with zero attached hydrogens (tertiary/aromatic N) is 4. The summed E-state index contributed by atoms with van der Waals surface area (Å²) in [7, 11) is 3.76. The molecule has 0 spiro atoms. The molecule has 2 unspecified atom stereocenters. The average Bonchev–Trinajstić information content (AvgIpc) is 3.27. The van der Waals surface area contributed by atoms with Crippen LogP contribution < -0.4 is 10.6 Å². The maximum absolute atomic E-state index is 5.53. The van der Waals surface area contributed by atoms with Crippen LogP contribution in [-0.2, 0) is 18.3 Å². The van der Waals surface area contributed by atoms with Crippen LogP contribution in [0.4, 0.5) is 0 Å². The fourth-order valence-corrected chi connectivity index (χ4v) is 2.99. The van der Waals surface area contributed by atoms with E-state index in [2.05, 4.69) is 34.7 Å². The minimum absolute atomic E-state index is 0. The summed E-state index contributed by atoms with van der Waals surface area (Å²) in [6, 6.07) is 0.933. The van der Waals surface area contributed by atoms with E-state index in [-0.39, 0.29) is 29.4 Å². The number of nitrogens with one attached hydrogen (secondary N) is 2. The van der Waals surface area contributed by atoms with Gasteiger partial charge in [-0.3, -0.25) is 0 Å². The Bertz CT molecular complexity index is 595. The second-order valence-corrected chi connectivity index (χ2v) is 7.28. The quantitative estimate of drug-likeness (QED) is 0.408. The molecule has 2 aliphatic rings. The first-order chi connectivity index (χ1) is 10.9. The van der Waals surface area contributed by atoms with Gasteiger partial charge in [0.2, 0.25) is 0 Å². The Kier molecular flexibility index (Phi) is 6.11. The molecule has 8 heteroatoms. The summed E-state index contributed by atoms with van der Waals surface area (Å²) >= 11 is 0. The molecule has 3 rings (SSSR count). The highest BCUT2D eigenvalue weighted by Gasteiger charge is 2.49. The summed E-state index contributed by atoms with van der Waals surface area (Å²) in [4.78, 5) is 4.72. The zero-order valence-electron chi connectivity index (χ0n) is 15.2. The van der Waals surface area contributed by atoms with E-state index in [9.17, 15) is 0 Å². The van der Waals surface area contributed by atoms with E-state index in [1.54, 1.807) is 7.11 Å². The van der Waals surface area contributed by atoms with Crippen molar-refractivity contribution in [2.75, 3.05) is 7.11 Å². The molecule has 24 heavy (non-hydrogen) atoms. The molecule has 7 nitrogen and oxygen atoms in total. The molecule has 136 valence electrons. The van der Waals surface area contributed by atoms with E-state index < -0.39 is 0 Å². The van der Waals surface area contributed by atoms with Gasteiger partial charge in [-0.25, -0.2) is 4.99 Å². The maximum atomic E-state index is 5.53. The minimum Gasteiger partial charge on any atom is -0.381 e. The molecule has 0 aliphatic heterocycles. The van der Waals surface area contributed by atoms with Gasteiger partial charge in [-0.1, -0.05) is 13.8 Å². The number of halogens is 1. The Morgan fingerprint density at radius 3 is 2.54 bits per heavy atom. The van der Waals surface area contributed by atoms with Crippen LogP contribution in [0.1, 0.15) is 44.8 Å². The summed E-state index contributed by atoms with van der Waals surface area (Å²) < 4.78 is 7.51. The Balaban J connectivity index is 0.00000208. The fourth-order valence-electron chi connectivity index (χ4n) is 2.99. The van der Waals surface area contributed by atoms with Gasteiger partial charge in [-0.05, 0) is 26.2 Å². The van der Waals surface area contributed by atoms with Gasteiger partial charge in [0.15, 0.2) is 11.8 Å². The number of rotatable bonds is 5. The van der Waals surface area contributed by atoms with Crippen molar-refractivity contribution in [1.29, 1.82) is 0 Å². The Morgan fingerprint density at radius 1 is 1.33 bits per heavy atom. The lowest BCUT2D eigenvalue weighted by Crippen LogP contribution is -2.63. The van der Waals surface area contributed by atoms with E-state index in [1.807, 2.05) is 18.5 Å². The smallest absolute Gasteiger partial charge is 0.192 e. The number of guanidine groups is 1.